The van der Waals surface area contributed by atoms with Gasteiger partial charge in [0.05, 0.1) is 17.8 Å². The molecule has 20 heavy (non-hydrogen) atoms. The first-order valence-electron chi connectivity index (χ1n) is 6.09. The first-order chi connectivity index (χ1) is 9.45. The van der Waals surface area contributed by atoms with Gasteiger partial charge in [0.1, 0.15) is 5.75 Å². The largest absolute Gasteiger partial charge is 0.508 e. The van der Waals surface area contributed by atoms with E-state index in [0.29, 0.717) is 11.4 Å². The van der Waals surface area contributed by atoms with Crippen molar-refractivity contribution in [1.29, 1.82) is 0 Å². The van der Waals surface area contributed by atoms with E-state index in [4.69, 9.17) is 5.73 Å². The summed E-state index contributed by atoms with van der Waals surface area (Å²) >= 11 is 3.39. The van der Waals surface area contributed by atoms with E-state index in [1.807, 2.05) is 13.0 Å². The molecule has 2 aromatic rings. The van der Waals surface area contributed by atoms with Crippen molar-refractivity contribution in [3.8, 4) is 5.75 Å². The second-order valence-electron chi connectivity index (χ2n) is 4.61. The van der Waals surface area contributed by atoms with Crippen molar-refractivity contribution in [2.24, 2.45) is 0 Å². The monoisotopic (exact) mass is 334 g/mol. The Labute approximate surface area is 125 Å². The number of carbonyl (C=O) groups is 1. The van der Waals surface area contributed by atoms with Gasteiger partial charge < -0.3 is 16.2 Å². The number of aromatic hydroxyl groups is 1. The lowest BCUT2D eigenvalue weighted by Crippen LogP contribution is -2.16. The molecule has 0 bridgehead atoms. The van der Waals surface area contributed by atoms with Gasteiger partial charge in [0.15, 0.2) is 0 Å². The summed E-state index contributed by atoms with van der Waals surface area (Å²) in [6.07, 6.45) is 0.175. The van der Waals surface area contributed by atoms with E-state index in [2.05, 4.69) is 21.2 Å². The molecular formula is C15H15BrN2O2. The number of amides is 1. The number of aryl methyl sites for hydroxylation is 1. The number of nitrogen functional groups attached to an aromatic ring is 1. The third-order valence-corrected chi connectivity index (χ3v) is 3.43. The molecule has 0 saturated carbocycles. The van der Waals surface area contributed by atoms with Crippen LogP contribution in [0.1, 0.15) is 11.1 Å². The number of halogens is 1. The Morgan fingerprint density at radius 1 is 1.35 bits per heavy atom. The first kappa shape index (κ1) is 14.4. The molecule has 0 spiro atoms. The molecule has 0 aliphatic rings. The van der Waals surface area contributed by atoms with E-state index >= 15 is 0 Å². The molecule has 1 amide bonds. The third-order valence-electron chi connectivity index (χ3n) is 2.80. The fourth-order valence-corrected chi connectivity index (χ4v) is 2.63. The molecule has 0 aliphatic heterocycles. The maximum Gasteiger partial charge on any atom is 0.228 e. The number of phenols is 1. The zero-order chi connectivity index (χ0) is 14.7. The molecule has 4 N–H and O–H groups in total. The maximum absolute atomic E-state index is 12.0. The maximum atomic E-state index is 12.0. The van der Waals surface area contributed by atoms with Crippen LogP contribution in [0.4, 0.5) is 11.4 Å². The molecule has 4 nitrogen and oxygen atoms in total. The number of nitrogens with one attached hydrogen (secondary N) is 1. The van der Waals surface area contributed by atoms with E-state index in [1.165, 1.54) is 0 Å². The fraction of sp³-hybridized carbons (Fsp3) is 0.133. The van der Waals surface area contributed by atoms with Gasteiger partial charge in [-0.25, -0.2) is 0 Å². The predicted molar refractivity (Wildman–Crippen MR) is 83.7 cm³/mol. The standard InChI is InChI=1S/C15H15BrN2O2/c1-9-5-12(16)15(13(17)6-9)18-14(20)8-10-3-2-4-11(19)7-10/h2-7,19H,8,17H2,1H3,(H,18,20). The summed E-state index contributed by atoms with van der Waals surface area (Å²) in [5.41, 5.74) is 8.74. The average Bonchev–Trinajstić information content (AvgIpc) is 2.33. The van der Waals surface area contributed by atoms with Crippen molar-refractivity contribution >= 4 is 33.2 Å². The number of anilines is 2. The highest BCUT2D eigenvalue weighted by molar-refractivity contribution is 9.10. The summed E-state index contributed by atoms with van der Waals surface area (Å²) in [5, 5.41) is 12.2. The Kier molecular flexibility index (Phi) is 4.29. The minimum Gasteiger partial charge on any atom is -0.508 e. The summed E-state index contributed by atoms with van der Waals surface area (Å²) in [6.45, 7) is 1.93. The van der Waals surface area contributed by atoms with E-state index in [9.17, 15) is 9.90 Å². The Bertz CT molecular complexity index is 633. The zero-order valence-electron chi connectivity index (χ0n) is 11.0. The highest BCUT2D eigenvalue weighted by Crippen LogP contribution is 2.30. The Morgan fingerprint density at radius 3 is 2.75 bits per heavy atom. The van der Waals surface area contributed by atoms with Crippen LogP contribution in [0.15, 0.2) is 40.9 Å². The number of rotatable bonds is 3. The predicted octanol–water partition coefficient (Wildman–Crippen LogP) is 3.23. The van der Waals surface area contributed by atoms with Crippen molar-refractivity contribution in [3.63, 3.8) is 0 Å². The van der Waals surface area contributed by atoms with Crippen LogP contribution in [-0.4, -0.2) is 11.0 Å². The van der Waals surface area contributed by atoms with Crippen LogP contribution in [0.5, 0.6) is 5.75 Å². The molecule has 0 saturated heterocycles. The number of hydrogen-bond acceptors (Lipinski definition) is 3. The Hall–Kier alpha value is -2.01. The quantitative estimate of drug-likeness (QED) is 0.754. The van der Waals surface area contributed by atoms with Gasteiger partial charge in [0, 0.05) is 4.47 Å². The van der Waals surface area contributed by atoms with Gasteiger partial charge >= 0.3 is 0 Å². The SMILES string of the molecule is Cc1cc(N)c(NC(=O)Cc2cccc(O)c2)c(Br)c1. The van der Waals surface area contributed by atoms with E-state index in [0.717, 1.165) is 15.6 Å². The molecule has 0 heterocycles. The van der Waals surface area contributed by atoms with Gasteiger partial charge in [-0.3, -0.25) is 4.79 Å². The first-order valence-corrected chi connectivity index (χ1v) is 6.88. The number of benzene rings is 2. The van der Waals surface area contributed by atoms with Crippen LogP contribution in [0.2, 0.25) is 0 Å². The lowest BCUT2D eigenvalue weighted by molar-refractivity contribution is -0.115. The van der Waals surface area contributed by atoms with Gasteiger partial charge in [-0.1, -0.05) is 12.1 Å². The minimum absolute atomic E-state index is 0.145. The fourth-order valence-electron chi connectivity index (χ4n) is 1.94. The van der Waals surface area contributed by atoms with Crippen LogP contribution >= 0.6 is 15.9 Å². The normalized spacial score (nSPS) is 10.3. The molecule has 2 aromatic carbocycles. The van der Waals surface area contributed by atoms with Crippen molar-refractivity contribution in [3.05, 3.63) is 52.0 Å². The minimum atomic E-state index is -0.188. The molecule has 0 fully saturated rings. The summed E-state index contributed by atoms with van der Waals surface area (Å²) < 4.78 is 0.749. The van der Waals surface area contributed by atoms with Gasteiger partial charge in [-0.05, 0) is 58.2 Å². The van der Waals surface area contributed by atoms with Crippen molar-refractivity contribution < 1.29 is 9.90 Å². The molecule has 2 rings (SSSR count). The molecule has 0 aliphatic carbocycles. The summed E-state index contributed by atoms with van der Waals surface area (Å²) in [6, 6.07) is 10.3. The second kappa shape index (κ2) is 5.96. The lowest BCUT2D eigenvalue weighted by atomic mass is 10.1. The second-order valence-corrected chi connectivity index (χ2v) is 5.46. The highest BCUT2D eigenvalue weighted by Gasteiger charge is 2.10. The van der Waals surface area contributed by atoms with Crippen LogP contribution in [-0.2, 0) is 11.2 Å². The van der Waals surface area contributed by atoms with Gasteiger partial charge in [-0.2, -0.15) is 0 Å². The van der Waals surface area contributed by atoms with Gasteiger partial charge in [0.25, 0.3) is 0 Å². The number of carbonyl (C=O) groups excluding carboxylic acids is 1. The summed E-state index contributed by atoms with van der Waals surface area (Å²) in [5.74, 6) is -0.0433. The summed E-state index contributed by atoms with van der Waals surface area (Å²) in [4.78, 5) is 12.0. The molecular weight excluding hydrogens is 320 g/mol. The third kappa shape index (κ3) is 3.51. The molecule has 0 unspecified atom stereocenters. The van der Waals surface area contributed by atoms with Crippen LogP contribution in [0.25, 0.3) is 0 Å². The average molecular weight is 335 g/mol. The van der Waals surface area contributed by atoms with E-state index in [1.54, 1.807) is 30.3 Å². The van der Waals surface area contributed by atoms with Crippen molar-refractivity contribution in [1.82, 2.24) is 0 Å². The van der Waals surface area contributed by atoms with Crippen molar-refractivity contribution in [2.45, 2.75) is 13.3 Å². The Morgan fingerprint density at radius 2 is 2.10 bits per heavy atom. The van der Waals surface area contributed by atoms with E-state index < -0.39 is 0 Å². The van der Waals surface area contributed by atoms with Crippen molar-refractivity contribution in [2.75, 3.05) is 11.1 Å². The molecule has 0 radical (unpaired) electrons. The topological polar surface area (TPSA) is 75.3 Å². The number of phenolic OH excluding ortho intramolecular Hbond substituents is 1. The molecule has 0 aromatic heterocycles. The van der Waals surface area contributed by atoms with Gasteiger partial charge in [0.2, 0.25) is 5.91 Å². The highest BCUT2D eigenvalue weighted by atomic mass is 79.9. The number of hydrogen-bond donors (Lipinski definition) is 3. The number of nitrogens with two attached hydrogens (primary N) is 1. The lowest BCUT2D eigenvalue weighted by Gasteiger charge is -2.11. The molecule has 0 atom stereocenters. The summed E-state index contributed by atoms with van der Waals surface area (Å²) in [7, 11) is 0. The van der Waals surface area contributed by atoms with Gasteiger partial charge in [-0.15, -0.1) is 0 Å². The van der Waals surface area contributed by atoms with Crippen LogP contribution < -0.4 is 11.1 Å². The van der Waals surface area contributed by atoms with E-state index in [-0.39, 0.29) is 18.1 Å². The smallest absolute Gasteiger partial charge is 0.228 e. The molecule has 104 valence electrons. The molecule has 5 heteroatoms. The zero-order valence-corrected chi connectivity index (χ0v) is 12.6. The van der Waals surface area contributed by atoms with Crippen LogP contribution in [0, 0.1) is 6.92 Å². The van der Waals surface area contributed by atoms with Crippen LogP contribution in [0.3, 0.4) is 0 Å². The Balaban J connectivity index is 2.13.